The summed E-state index contributed by atoms with van der Waals surface area (Å²) in [5, 5.41) is 3.62. The zero-order chi connectivity index (χ0) is 13.9. The van der Waals surface area contributed by atoms with Gasteiger partial charge in [0.15, 0.2) is 0 Å². The third-order valence-electron chi connectivity index (χ3n) is 4.08. The average molecular weight is 259 g/mol. The van der Waals surface area contributed by atoms with Crippen LogP contribution < -0.4 is 5.32 Å². The smallest absolute Gasteiger partial charge is 0.00683 e. The van der Waals surface area contributed by atoms with E-state index in [1.807, 2.05) is 0 Å². The second kappa shape index (κ2) is 6.09. The molecule has 1 aliphatic rings. The monoisotopic (exact) mass is 259 g/mol. The van der Waals surface area contributed by atoms with E-state index < -0.39 is 0 Å². The Kier molecular flexibility index (Phi) is 4.67. The molecule has 0 spiro atoms. The van der Waals surface area contributed by atoms with Crippen molar-refractivity contribution in [2.45, 2.75) is 64.8 Å². The molecule has 1 N–H and O–H groups in total. The van der Waals surface area contributed by atoms with Crippen LogP contribution in [0.5, 0.6) is 0 Å². The summed E-state index contributed by atoms with van der Waals surface area (Å²) in [7, 11) is 0. The van der Waals surface area contributed by atoms with Crippen LogP contribution in [0.1, 0.15) is 58.1 Å². The van der Waals surface area contributed by atoms with Crippen molar-refractivity contribution in [3.05, 3.63) is 35.4 Å². The molecule has 1 atom stereocenters. The van der Waals surface area contributed by atoms with Crippen molar-refractivity contribution in [3.8, 4) is 0 Å². The molecule has 0 saturated heterocycles. The lowest BCUT2D eigenvalue weighted by Crippen LogP contribution is -2.23. The van der Waals surface area contributed by atoms with Gasteiger partial charge < -0.3 is 5.32 Å². The molecule has 2 rings (SSSR count). The van der Waals surface area contributed by atoms with Gasteiger partial charge >= 0.3 is 0 Å². The van der Waals surface area contributed by atoms with Crippen molar-refractivity contribution >= 4 is 0 Å². The maximum absolute atomic E-state index is 3.62. The molecular weight excluding hydrogens is 230 g/mol. The second-order valence-corrected chi connectivity index (χ2v) is 7.27. The number of hydrogen-bond donors (Lipinski definition) is 1. The summed E-state index contributed by atoms with van der Waals surface area (Å²) >= 11 is 0. The minimum atomic E-state index is 0.264. The van der Waals surface area contributed by atoms with Crippen LogP contribution in [0.25, 0.3) is 0 Å². The fourth-order valence-electron chi connectivity index (χ4n) is 2.34. The van der Waals surface area contributed by atoms with Crippen molar-refractivity contribution < 1.29 is 0 Å². The molecule has 0 bridgehead atoms. The van der Waals surface area contributed by atoms with E-state index in [0.29, 0.717) is 0 Å². The van der Waals surface area contributed by atoms with Crippen molar-refractivity contribution in [1.29, 1.82) is 0 Å². The minimum absolute atomic E-state index is 0.264. The predicted octanol–water partition coefficient (Wildman–Crippen LogP) is 4.30. The van der Waals surface area contributed by atoms with Gasteiger partial charge in [-0.25, -0.2) is 0 Å². The second-order valence-electron chi connectivity index (χ2n) is 7.27. The molecule has 0 aliphatic heterocycles. The van der Waals surface area contributed by atoms with Gasteiger partial charge in [-0.2, -0.15) is 0 Å². The molecule has 1 aliphatic carbocycles. The summed E-state index contributed by atoms with van der Waals surface area (Å²) < 4.78 is 0. The number of rotatable bonds is 6. The van der Waals surface area contributed by atoms with Crippen LogP contribution in [0.15, 0.2) is 24.3 Å². The van der Waals surface area contributed by atoms with Gasteiger partial charge in [-0.3, -0.25) is 0 Å². The molecule has 0 amide bonds. The van der Waals surface area contributed by atoms with E-state index in [1.165, 1.54) is 43.4 Å². The quantitative estimate of drug-likeness (QED) is 0.803. The van der Waals surface area contributed by atoms with Crippen molar-refractivity contribution in [1.82, 2.24) is 5.32 Å². The zero-order valence-electron chi connectivity index (χ0n) is 13.0. The SMILES string of the molecule is CC(CCc1ccc(C(C)(C)C)cc1)CNC1CC1. The molecule has 1 nitrogen and oxygen atoms in total. The average Bonchev–Trinajstić information content (AvgIpc) is 3.17. The van der Waals surface area contributed by atoms with Crippen LogP contribution in [0.4, 0.5) is 0 Å². The summed E-state index contributed by atoms with van der Waals surface area (Å²) in [6.45, 7) is 10.4. The normalized spacial score (nSPS) is 17.5. The maximum Gasteiger partial charge on any atom is 0.00683 e. The number of nitrogens with one attached hydrogen (secondary N) is 1. The Labute approximate surface area is 118 Å². The van der Waals surface area contributed by atoms with Gasteiger partial charge in [-0.05, 0) is 54.7 Å². The molecule has 0 heterocycles. The van der Waals surface area contributed by atoms with Crippen LogP contribution in [-0.2, 0) is 11.8 Å². The highest BCUT2D eigenvalue weighted by Gasteiger charge is 2.20. The standard InChI is InChI=1S/C18H29N/c1-14(13-19-17-11-12-17)5-6-15-7-9-16(10-8-15)18(2,3)4/h7-10,14,17,19H,5-6,11-13H2,1-4H3. The zero-order valence-corrected chi connectivity index (χ0v) is 13.0. The topological polar surface area (TPSA) is 12.0 Å². The first-order valence-corrected chi connectivity index (χ1v) is 7.78. The third-order valence-corrected chi connectivity index (χ3v) is 4.08. The molecule has 106 valence electrons. The van der Waals surface area contributed by atoms with Crippen molar-refractivity contribution in [2.75, 3.05) is 6.54 Å². The highest BCUT2D eigenvalue weighted by Crippen LogP contribution is 2.23. The maximum atomic E-state index is 3.62. The molecule has 1 saturated carbocycles. The van der Waals surface area contributed by atoms with E-state index >= 15 is 0 Å². The predicted molar refractivity (Wildman–Crippen MR) is 83.7 cm³/mol. The number of benzene rings is 1. The summed E-state index contributed by atoms with van der Waals surface area (Å²) in [5.41, 5.74) is 3.17. The Morgan fingerprint density at radius 2 is 1.79 bits per heavy atom. The molecule has 0 radical (unpaired) electrons. The number of hydrogen-bond acceptors (Lipinski definition) is 1. The fourth-order valence-corrected chi connectivity index (χ4v) is 2.34. The van der Waals surface area contributed by atoms with E-state index in [9.17, 15) is 0 Å². The van der Waals surface area contributed by atoms with Gasteiger partial charge in [-0.1, -0.05) is 52.0 Å². The summed E-state index contributed by atoms with van der Waals surface area (Å²) in [5.74, 6) is 0.780. The van der Waals surface area contributed by atoms with Gasteiger partial charge in [0, 0.05) is 6.04 Å². The molecular formula is C18H29N. The molecule has 1 fully saturated rings. The Hall–Kier alpha value is -0.820. The van der Waals surface area contributed by atoms with E-state index in [2.05, 4.69) is 57.3 Å². The highest BCUT2D eigenvalue weighted by atomic mass is 14.9. The molecule has 1 unspecified atom stereocenters. The van der Waals surface area contributed by atoms with Gasteiger partial charge in [0.2, 0.25) is 0 Å². The summed E-state index contributed by atoms with van der Waals surface area (Å²) in [6, 6.07) is 10.0. The molecule has 1 heteroatoms. The molecule has 0 aromatic heterocycles. The summed E-state index contributed by atoms with van der Waals surface area (Å²) in [4.78, 5) is 0. The molecule has 1 aromatic rings. The van der Waals surface area contributed by atoms with Crippen LogP contribution in [0.3, 0.4) is 0 Å². The van der Waals surface area contributed by atoms with Crippen molar-refractivity contribution in [2.24, 2.45) is 5.92 Å². The Morgan fingerprint density at radius 3 is 2.32 bits per heavy atom. The largest absolute Gasteiger partial charge is 0.314 e. The molecule has 19 heavy (non-hydrogen) atoms. The van der Waals surface area contributed by atoms with Gasteiger partial charge in [0.25, 0.3) is 0 Å². The summed E-state index contributed by atoms with van der Waals surface area (Å²) in [6.07, 6.45) is 5.27. The van der Waals surface area contributed by atoms with Gasteiger partial charge in [0.05, 0.1) is 0 Å². The number of aryl methyl sites for hydroxylation is 1. The van der Waals surface area contributed by atoms with E-state index in [0.717, 1.165) is 12.0 Å². The minimum Gasteiger partial charge on any atom is -0.314 e. The Morgan fingerprint density at radius 1 is 1.16 bits per heavy atom. The van der Waals surface area contributed by atoms with Crippen LogP contribution in [0.2, 0.25) is 0 Å². The first-order chi connectivity index (χ1) is 8.95. The Bertz CT molecular complexity index is 381. The fraction of sp³-hybridized carbons (Fsp3) is 0.667. The van der Waals surface area contributed by atoms with Crippen LogP contribution in [0, 0.1) is 5.92 Å². The lowest BCUT2D eigenvalue weighted by Gasteiger charge is -2.19. The third kappa shape index (κ3) is 4.99. The highest BCUT2D eigenvalue weighted by molar-refractivity contribution is 5.27. The van der Waals surface area contributed by atoms with Crippen LogP contribution in [-0.4, -0.2) is 12.6 Å². The van der Waals surface area contributed by atoms with Gasteiger partial charge in [-0.15, -0.1) is 0 Å². The van der Waals surface area contributed by atoms with E-state index in [-0.39, 0.29) is 5.41 Å². The van der Waals surface area contributed by atoms with Gasteiger partial charge in [0.1, 0.15) is 0 Å². The molecule has 1 aromatic carbocycles. The lowest BCUT2D eigenvalue weighted by atomic mass is 9.86. The Balaban J connectivity index is 1.75. The van der Waals surface area contributed by atoms with E-state index in [1.54, 1.807) is 0 Å². The first kappa shape index (κ1) is 14.6. The van der Waals surface area contributed by atoms with Crippen molar-refractivity contribution in [3.63, 3.8) is 0 Å². The first-order valence-electron chi connectivity index (χ1n) is 7.78. The lowest BCUT2D eigenvalue weighted by molar-refractivity contribution is 0.479. The van der Waals surface area contributed by atoms with E-state index in [4.69, 9.17) is 0 Å². The van der Waals surface area contributed by atoms with Crippen LogP contribution >= 0.6 is 0 Å².